The van der Waals surface area contributed by atoms with Crippen molar-refractivity contribution >= 4 is 17.7 Å². The molecule has 1 amide bonds. The monoisotopic (exact) mass is 407 g/mol. The summed E-state index contributed by atoms with van der Waals surface area (Å²) in [6, 6.07) is 23.3. The number of hydrogen-bond acceptors (Lipinski definition) is 4. The number of ether oxygens (including phenoxy) is 2. The second-order valence-electron chi connectivity index (χ2n) is 6.57. The molecule has 150 valence electrons. The molecule has 3 aromatic rings. The van der Waals surface area contributed by atoms with E-state index in [1.54, 1.807) is 26.0 Å². The number of carbonyl (C=O) groups excluding carboxylic acids is 1. The summed E-state index contributed by atoms with van der Waals surface area (Å²) in [5.41, 5.74) is 2.76. The van der Waals surface area contributed by atoms with E-state index in [0.29, 0.717) is 11.3 Å². The highest BCUT2D eigenvalue weighted by Crippen LogP contribution is 2.30. The number of benzene rings is 3. The van der Waals surface area contributed by atoms with Gasteiger partial charge in [-0.25, -0.2) is 0 Å². The lowest BCUT2D eigenvalue weighted by Gasteiger charge is -2.19. The Morgan fingerprint density at radius 2 is 1.69 bits per heavy atom. The third-order valence-electron chi connectivity index (χ3n) is 4.62. The number of nitrogens with one attached hydrogen (secondary N) is 1. The minimum absolute atomic E-state index is 0.112. The van der Waals surface area contributed by atoms with Crippen LogP contribution in [0.4, 0.5) is 0 Å². The van der Waals surface area contributed by atoms with Crippen molar-refractivity contribution in [1.82, 2.24) is 5.32 Å². The molecule has 0 unspecified atom stereocenters. The average Bonchev–Trinajstić information content (AvgIpc) is 2.78. The third-order valence-corrected chi connectivity index (χ3v) is 5.76. The molecule has 0 aliphatic heterocycles. The van der Waals surface area contributed by atoms with Crippen molar-refractivity contribution in [3.63, 3.8) is 0 Å². The molecule has 0 saturated heterocycles. The van der Waals surface area contributed by atoms with Gasteiger partial charge in [0, 0.05) is 16.2 Å². The Morgan fingerprint density at radius 1 is 0.966 bits per heavy atom. The molecule has 3 rings (SSSR count). The molecule has 0 fully saturated rings. The minimum atomic E-state index is -0.236. The van der Waals surface area contributed by atoms with Crippen LogP contribution in [0.3, 0.4) is 0 Å². The van der Waals surface area contributed by atoms with Crippen LogP contribution in [-0.4, -0.2) is 20.1 Å². The zero-order valence-electron chi connectivity index (χ0n) is 16.8. The Balaban J connectivity index is 1.76. The van der Waals surface area contributed by atoms with E-state index in [9.17, 15) is 4.79 Å². The van der Waals surface area contributed by atoms with Gasteiger partial charge >= 0.3 is 0 Å². The molecule has 0 aromatic heterocycles. The van der Waals surface area contributed by atoms with Gasteiger partial charge in [-0.15, -0.1) is 11.8 Å². The van der Waals surface area contributed by atoms with E-state index in [1.807, 2.05) is 67.6 Å². The first-order chi connectivity index (χ1) is 14.1. The number of rotatable bonds is 8. The summed E-state index contributed by atoms with van der Waals surface area (Å²) in [5.74, 6) is 2.13. The number of carbonyl (C=O) groups is 1. The van der Waals surface area contributed by atoms with Crippen LogP contribution < -0.4 is 14.8 Å². The normalized spacial score (nSPS) is 11.6. The van der Waals surface area contributed by atoms with Gasteiger partial charge in [0.05, 0.1) is 25.8 Å². The maximum absolute atomic E-state index is 13.0. The molecule has 0 bridgehead atoms. The number of amides is 1. The molecule has 0 saturated carbocycles. The standard InChI is InChI=1S/C24H25NO3S/c1-17(21-15-19(27-2)13-14-22(21)28-3)25-24(26)20-11-7-8-12-23(20)29-16-18-9-5-4-6-10-18/h4-15,17H,16H2,1-3H3,(H,25,26)/t17-/m1/s1. The van der Waals surface area contributed by atoms with Crippen LogP contribution in [-0.2, 0) is 5.75 Å². The predicted molar refractivity (Wildman–Crippen MR) is 118 cm³/mol. The van der Waals surface area contributed by atoms with Crippen molar-refractivity contribution in [2.75, 3.05) is 14.2 Å². The second-order valence-corrected chi connectivity index (χ2v) is 7.59. The molecule has 4 nitrogen and oxygen atoms in total. The smallest absolute Gasteiger partial charge is 0.252 e. The third kappa shape index (κ3) is 5.33. The Bertz CT molecular complexity index is 959. The summed E-state index contributed by atoms with van der Waals surface area (Å²) in [4.78, 5) is 14.0. The molecule has 29 heavy (non-hydrogen) atoms. The lowest BCUT2D eigenvalue weighted by molar-refractivity contribution is 0.0936. The number of methoxy groups -OCH3 is 2. The maximum Gasteiger partial charge on any atom is 0.252 e. The highest BCUT2D eigenvalue weighted by atomic mass is 32.2. The van der Waals surface area contributed by atoms with Crippen molar-refractivity contribution in [1.29, 1.82) is 0 Å². The van der Waals surface area contributed by atoms with Crippen LogP contribution in [0.5, 0.6) is 11.5 Å². The Hall–Kier alpha value is -2.92. The van der Waals surface area contributed by atoms with E-state index < -0.39 is 0 Å². The molecular formula is C24H25NO3S. The van der Waals surface area contributed by atoms with Gasteiger partial charge in [0.1, 0.15) is 11.5 Å². The average molecular weight is 408 g/mol. The highest BCUT2D eigenvalue weighted by Gasteiger charge is 2.18. The lowest BCUT2D eigenvalue weighted by Crippen LogP contribution is -2.27. The van der Waals surface area contributed by atoms with Crippen molar-refractivity contribution in [3.8, 4) is 11.5 Å². The molecule has 0 aliphatic rings. The van der Waals surface area contributed by atoms with E-state index in [4.69, 9.17) is 9.47 Å². The zero-order valence-corrected chi connectivity index (χ0v) is 17.7. The molecule has 0 aliphatic carbocycles. The van der Waals surface area contributed by atoms with Crippen molar-refractivity contribution in [2.45, 2.75) is 23.6 Å². The van der Waals surface area contributed by atoms with E-state index >= 15 is 0 Å². The molecule has 1 N–H and O–H groups in total. The molecule has 1 atom stereocenters. The first-order valence-corrected chi connectivity index (χ1v) is 10.4. The predicted octanol–water partition coefficient (Wildman–Crippen LogP) is 5.49. The molecular weight excluding hydrogens is 382 g/mol. The van der Waals surface area contributed by atoms with Gasteiger partial charge < -0.3 is 14.8 Å². The van der Waals surface area contributed by atoms with Gasteiger partial charge in [-0.05, 0) is 42.8 Å². The molecule has 3 aromatic carbocycles. The van der Waals surface area contributed by atoms with Gasteiger partial charge in [0.25, 0.3) is 5.91 Å². The van der Waals surface area contributed by atoms with Crippen LogP contribution in [0.1, 0.15) is 34.5 Å². The molecule has 5 heteroatoms. The zero-order chi connectivity index (χ0) is 20.6. The minimum Gasteiger partial charge on any atom is -0.497 e. The van der Waals surface area contributed by atoms with Crippen molar-refractivity contribution < 1.29 is 14.3 Å². The quantitative estimate of drug-likeness (QED) is 0.502. The van der Waals surface area contributed by atoms with Crippen LogP contribution in [0, 0.1) is 0 Å². The fraction of sp³-hybridized carbons (Fsp3) is 0.208. The summed E-state index contributed by atoms with van der Waals surface area (Å²) in [5, 5.41) is 3.09. The van der Waals surface area contributed by atoms with Gasteiger partial charge in [-0.3, -0.25) is 4.79 Å². The van der Waals surface area contributed by atoms with E-state index in [1.165, 1.54) is 5.56 Å². The summed E-state index contributed by atoms with van der Waals surface area (Å²) >= 11 is 1.66. The van der Waals surface area contributed by atoms with Gasteiger partial charge in [-0.2, -0.15) is 0 Å². The summed E-state index contributed by atoms with van der Waals surface area (Å²) in [6.45, 7) is 1.94. The first-order valence-electron chi connectivity index (χ1n) is 9.41. The van der Waals surface area contributed by atoms with E-state index in [-0.39, 0.29) is 11.9 Å². The summed E-state index contributed by atoms with van der Waals surface area (Å²) in [7, 11) is 3.24. The molecule has 0 radical (unpaired) electrons. The second kappa shape index (κ2) is 10.0. The Morgan fingerprint density at radius 3 is 2.41 bits per heavy atom. The van der Waals surface area contributed by atoms with Crippen LogP contribution in [0.25, 0.3) is 0 Å². The van der Waals surface area contributed by atoms with Crippen LogP contribution >= 0.6 is 11.8 Å². The van der Waals surface area contributed by atoms with Crippen molar-refractivity contribution in [2.24, 2.45) is 0 Å². The highest BCUT2D eigenvalue weighted by molar-refractivity contribution is 7.98. The SMILES string of the molecule is COc1ccc(OC)c([C@@H](C)NC(=O)c2ccccc2SCc2ccccc2)c1. The maximum atomic E-state index is 13.0. The van der Waals surface area contributed by atoms with Gasteiger partial charge in [-0.1, -0.05) is 42.5 Å². The lowest BCUT2D eigenvalue weighted by atomic mass is 10.1. The Kier molecular flexibility index (Phi) is 7.19. The van der Waals surface area contributed by atoms with Crippen LogP contribution in [0.2, 0.25) is 0 Å². The Labute approximate surface area is 176 Å². The topological polar surface area (TPSA) is 47.6 Å². The first kappa shape index (κ1) is 20.8. The van der Waals surface area contributed by atoms with E-state index in [2.05, 4.69) is 17.4 Å². The number of thioether (sulfide) groups is 1. The number of hydrogen-bond donors (Lipinski definition) is 1. The van der Waals surface area contributed by atoms with Crippen LogP contribution in [0.15, 0.2) is 77.7 Å². The van der Waals surface area contributed by atoms with Crippen molar-refractivity contribution in [3.05, 3.63) is 89.5 Å². The van der Waals surface area contributed by atoms with E-state index in [0.717, 1.165) is 22.0 Å². The fourth-order valence-electron chi connectivity index (χ4n) is 3.05. The van der Waals surface area contributed by atoms with Gasteiger partial charge in [0.15, 0.2) is 0 Å². The summed E-state index contributed by atoms with van der Waals surface area (Å²) in [6.07, 6.45) is 0. The molecule has 0 spiro atoms. The molecule has 0 heterocycles. The summed E-state index contributed by atoms with van der Waals surface area (Å²) < 4.78 is 10.8. The largest absolute Gasteiger partial charge is 0.497 e. The van der Waals surface area contributed by atoms with Gasteiger partial charge in [0.2, 0.25) is 0 Å². The fourth-order valence-corrected chi connectivity index (χ4v) is 4.05.